The summed E-state index contributed by atoms with van der Waals surface area (Å²) in [6, 6.07) is 0. The largest absolute Gasteiger partial charge is 0.247 e. The normalized spacial score (nSPS) is 14.7. The zero-order chi connectivity index (χ0) is 11.8. The number of hydrogen-bond donors (Lipinski definition) is 0. The van der Waals surface area contributed by atoms with E-state index in [4.69, 9.17) is 0 Å². The first-order chi connectivity index (χ1) is 5.84. The quantitative estimate of drug-likeness (QED) is 0.726. The van der Waals surface area contributed by atoms with E-state index in [0.717, 1.165) is 0 Å². The Hall–Kier alpha value is -0.240. The molecule has 0 fully saturated rings. The third kappa shape index (κ3) is 4.85. The average molecular weight is 250 g/mol. The van der Waals surface area contributed by atoms with Gasteiger partial charge in [-0.3, -0.25) is 0 Å². The molecule has 0 aromatic carbocycles. The van der Waals surface area contributed by atoms with Crippen molar-refractivity contribution in [2.45, 2.75) is 23.8 Å². The van der Waals surface area contributed by atoms with E-state index >= 15 is 0 Å². The molecule has 0 amide bonds. The van der Waals surface area contributed by atoms with Gasteiger partial charge in [-0.2, -0.15) is 0 Å². The van der Waals surface area contributed by atoms with E-state index in [9.17, 15) is 25.6 Å². The van der Waals surface area contributed by atoms with Crippen molar-refractivity contribution in [3.8, 4) is 0 Å². The fourth-order valence-corrected chi connectivity index (χ4v) is 4.64. The first-order valence-corrected chi connectivity index (χ1v) is 7.50. The van der Waals surface area contributed by atoms with E-state index in [1.54, 1.807) is 0 Å². The molecule has 0 atom stereocenters. The predicted octanol–water partition coefficient (Wildman–Crippen LogP) is 0.447. The van der Waals surface area contributed by atoms with Crippen LogP contribution in [0.5, 0.6) is 0 Å². The van der Waals surface area contributed by atoms with Crippen molar-refractivity contribution in [1.29, 1.82) is 0 Å². The van der Waals surface area contributed by atoms with Crippen molar-refractivity contribution < 1.29 is 25.6 Å². The Bertz CT molecular complexity index is 358. The minimum absolute atomic E-state index is 0.483. The number of sulfone groups is 2. The first kappa shape index (κ1) is 13.8. The fraction of sp³-hybridized carbons (Fsp3) is 1.00. The lowest BCUT2D eigenvalue weighted by atomic mass is 10.3. The van der Waals surface area contributed by atoms with Crippen LogP contribution in [-0.2, 0) is 19.7 Å². The van der Waals surface area contributed by atoms with Crippen molar-refractivity contribution in [1.82, 2.24) is 0 Å². The van der Waals surface area contributed by atoms with Gasteiger partial charge in [-0.15, -0.1) is 0 Å². The smallest absolute Gasteiger partial charge is 0.228 e. The highest BCUT2D eigenvalue weighted by molar-refractivity contribution is 8.08. The molecule has 0 spiro atoms. The summed E-state index contributed by atoms with van der Waals surface area (Å²) in [7, 11) is -8.05. The second kappa shape index (κ2) is 3.73. The lowest BCUT2D eigenvalue weighted by Crippen LogP contribution is -2.34. The van der Waals surface area contributed by atoms with E-state index in [2.05, 4.69) is 0 Å². The van der Waals surface area contributed by atoms with Crippen LogP contribution in [0.1, 0.15) is 13.3 Å². The molecule has 14 heavy (non-hydrogen) atoms. The van der Waals surface area contributed by atoms with Crippen LogP contribution in [0.4, 0.5) is 8.78 Å². The molecule has 0 aromatic rings. The van der Waals surface area contributed by atoms with Crippen molar-refractivity contribution in [2.75, 3.05) is 12.5 Å². The van der Waals surface area contributed by atoms with Gasteiger partial charge in [0.1, 0.15) is 0 Å². The van der Waals surface area contributed by atoms with E-state index in [-0.39, 0.29) is 0 Å². The van der Waals surface area contributed by atoms with Crippen LogP contribution in [0.3, 0.4) is 0 Å². The van der Waals surface area contributed by atoms with Gasteiger partial charge in [0.25, 0.3) is 0 Å². The van der Waals surface area contributed by atoms with Gasteiger partial charge >= 0.3 is 0 Å². The van der Waals surface area contributed by atoms with Crippen LogP contribution >= 0.6 is 0 Å². The molecule has 0 N–H and O–H groups in total. The zero-order valence-corrected chi connectivity index (χ0v) is 9.62. The van der Waals surface area contributed by atoms with Gasteiger partial charge in [0.15, 0.2) is 24.3 Å². The fourth-order valence-electron chi connectivity index (χ4n) is 0.913. The predicted molar refractivity (Wildman–Crippen MR) is 48.7 cm³/mol. The molecule has 0 saturated carbocycles. The SMILES string of the molecule is CC(F)(F)CC(S(C)(=O)=O)S(C)(=O)=O. The van der Waals surface area contributed by atoms with Crippen LogP contribution in [0.15, 0.2) is 0 Å². The maximum atomic E-state index is 12.5. The van der Waals surface area contributed by atoms with Gasteiger partial charge < -0.3 is 0 Å². The Morgan fingerprint density at radius 3 is 1.43 bits per heavy atom. The maximum absolute atomic E-state index is 12.5. The van der Waals surface area contributed by atoms with Gasteiger partial charge in [-0.25, -0.2) is 25.6 Å². The summed E-state index contributed by atoms with van der Waals surface area (Å²) in [5, 5.41) is 0. The van der Waals surface area contributed by atoms with Crippen LogP contribution in [0.25, 0.3) is 0 Å². The van der Waals surface area contributed by atoms with Crippen molar-refractivity contribution in [3.63, 3.8) is 0 Å². The van der Waals surface area contributed by atoms with Gasteiger partial charge in [0.05, 0.1) is 0 Å². The Kier molecular flexibility index (Phi) is 3.66. The standard InChI is InChI=1S/C6H12F2O4S2/c1-6(7,8)4-5(13(2,9)10)14(3,11)12/h5H,4H2,1-3H3. The summed E-state index contributed by atoms with van der Waals surface area (Å²) in [4.78, 5) is 0. The van der Waals surface area contributed by atoms with Gasteiger partial charge in [0, 0.05) is 18.9 Å². The molecule has 0 saturated heterocycles. The summed E-state index contributed by atoms with van der Waals surface area (Å²) in [5.41, 5.74) is 0. The summed E-state index contributed by atoms with van der Waals surface area (Å²) in [6.07, 6.45) is 0.0551. The van der Waals surface area contributed by atoms with Crippen LogP contribution in [0.2, 0.25) is 0 Å². The minimum Gasteiger partial charge on any atom is -0.228 e. The minimum atomic E-state index is -4.02. The molecule has 0 heterocycles. The Balaban J connectivity index is 5.19. The van der Waals surface area contributed by atoms with Crippen molar-refractivity contribution in [3.05, 3.63) is 0 Å². The maximum Gasteiger partial charge on any atom is 0.247 e. The Labute approximate surface area is 82.1 Å². The molecule has 4 nitrogen and oxygen atoms in total. The summed E-state index contributed by atoms with van der Waals surface area (Å²) in [5.74, 6) is -3.32. The number of halogens is 2. The summed E-state index contributed by atoms with van der Waals surface area (Å²) >= 11 is 0. The molecular weight excluding hydrogens is 238 g/mol. The van der Waals surface area contributed by atoms with Crippen molar-refractivity contribution in [2.24, 2.45) is 0 Å². The first-order valence-electron chi connectivity index (χ1n) is 3.59. The number of alkyl halides is 2. The summed E-state index contributed by atoms with van der Waals surface area (Å²) in [6.45, 7) is 0.483. The van der Waals surface area contributed by atoms with Gasteiger partial charge in [-0.05, 0) is 6.92 Å². The zero-order valence-electron chi connectivity index (χ0n) is 7.99. The van der Waals surface area contributed by atoms with Crippen LogP contribution < -0.4 is 0 Å². The third-order valence-corrected chi connectivity index (χ3v) is 5.82. The molecule has 0 aromatic heterocycles. The second-order valence-corrected chi connectivity index (χ2v) is 8.12. The molecule has 8 heteroatoms. The molecule has 0 radical (unpaired) electrons. The monoisotopic (exact) mass is 250 g/mol. The van der Waals surface area contributed by atoms with E-state index < -0.39 is 36.6 Å². The Morgan fingerprint density at radius 2 is 1.36 bits per heavy atom. The molecular formula is C6H12F2O4S2. The molecule has 86 valence electrons. The van der Waals surface area contributed by atoms with Crippen LogP contribution in [-0.4, -0.2) is 39.9 Å². The molecule has 0 aliphatic carbocycles. The van der Waals surface area contributed by atoms with E-state index in [1.165, 1.54) is 0 Å². The third-order valence-electron chi connectivity index (χ3n) is 1.48. The number of rotatable bonds is 4. The molecule has 0 bridgehead atoms. The molecule has 0 aliphatic heterocycles. The topological polar surface area (TPSA) is 68.3 Å². The molecule has 0 unspecified atom stereocenters. The van der Waals surface area contributed by atoms with E-state index in [0.29, 0.717) is 19.4 Å². The highest BCUT2D eigenvalue weighted by Gasteiger charge is 2.39. The second-order valence-electron chi connectivity index (χ2n) is 3.36. The number of hydrogen-bond acceptors (Lipinski definition) is 4. The average Bonchev–Trinajstić information content (AvgIpc) is 1.75. The Morgan fingerprint density at radius 1 is 1.07 bits per heavy atom. The van der Waals surface area contributed by atoms with Gasteiger partial charge in [-0.1, -0.05) is 0 Å². The summed E-state index contributed by atoms with van der Waals surface area (Å²) < 4.78 is 66.7. The van der Waals surface area contributed by atoms with Crippen molar-refractivity contribution >= 4 is 19.7 Å². The lowest BCUT2D eigenvalue weighted by Gasteiger charge is -2.17. The van der Waals surface area contributed by atoms with Gasteiger partial charge in [0.2, 0.25) is 5.92 Å². The highest BCUT2D eigenvalue weighted by atomic mass is 32.3. The molecule has 0 aliphatic rings. The van der Waals surface area contributed by atoms with Crippen LogP contribution in [0, 0.1) is 0 Å². The van der Waals surface area contributed by atoms with E-state index in [1.807, 2.05) is 0 Å². The highest BCUT2D eigenvalue weighted by Crippen LogP contribution is 2.25. The lowest BCUT2D eigenvalue weighted by molar-refractivity contribution is 0.0164. The molecule has 0 rings (SSSR count).